The molecule has 3 N–H and O–H groups in total. The monoisotopic (exact) mass is 382 g/mol. The number of hydrogen-bond acceptors (Lipinski definition) is 7. The van der Waals surface area contributed by atoms with Crippen LogP contribution in [0.3, 0.4) is 0 Å². The molecule has 1 fully saturated rings. The molecule has 1 aliphatic heterocycles. The standard InChI is InChI=1S/C17H20F2N4O2S/c1-9-6-23(7-10(2)25-9)8-14(24)15-16(20)22-17(26-15)21-11-3-4-12(18)13(19)5-11/h3-5,9-10H,6-8,20H2,1-2H3,(H,21,22)/t9-,10+. The van der Waals surface area contributed by atoms with E-state index in [2.05, 4.69) is 10.3 Å². The molecule has 1 saturated heterocycles. The van der Waals surface area contributed by atoms with Gasteiger partial charge in [-0.1, -0.05) is 11.3 Å². The fourth-order valence-electron chi connectivity index (χ4n) is 2.97. The van der Waals surface area contributed by atoms with Gasteiger partial charge in [-0.25, -0.2) is 13.8 Å². The summed E-state index contributed by atoms with van der Waals surface area (Å²) in [5.41, 5.74) is 6.20. The van der Waals surface area contributed by atoms with Gasteiger partial charge in [-0.2, -0.15) is 0 Å². The summed E-state index contributed by atoms with van der Waals surface area (Å²) in [6, 6.07) is 3.42. The fourth-order valence-corrected chi connectivity index (χ4v) is 3.81. The molecular weight excluding hydrogens is 362 g/mol. The summed E-state index contributed by atoms with van der Waals surface area (Å²) in [5, 5.41) is 3.19. The minimum absolute atomic E-state index is 0.0657. The van der Waals surface area contributed by atoms with Gasteiger partial charge in [0.2, 0.25) is 0 Å². The van der Waals surface area contributed by atoms with E-state index in [-0.39, 0.29) is 30.4 Å². The molecule has 0 spiro atoms. The number of ether oxygens (including phenoxy) is 1. The average Bonchev–Trinajstić information content (AvgIpc) is 2.90. The zero-order chi connectivity index (χ0) is 18.8. The number of thiazole rings is 1. The van der Waals surface area contributed by atoms with E-state index in [4.69, 9.17) is 10.5 Å². The molecule has 26 heavy (non-hydrogen) atoms. The highest BCUT2D eigenvalue weighted by Crippen LogP contribution is 2.29. The lowest BCUT2D eigenvalue weighted by Gasteiger charge is -2.34. The van der Waals surface area contributed by atoms with Crippen molar-refractivity contribution in [2.75, 3.05) is 30.7 Å². The lowest BCUT2D eigenvalue weighted by Crippen LogP contribution is -2.47. The van der Waals surface area contributed by atoms with Crippen LogP contribution in [0.15, 0.2) is 18.2 Å². The second kappa shape index (κ2) is 7.65. The van der Waals surface area contributed by atoms with Crippen LogP contribution in [0.25, 0.3) is 0 Å². The number of nitrogens with one attached hydrogen (secondary N) is 1. The maximum absolute atomic E-state index is 13.3. The SMILES string of the molecule is C[C@@H]1CN(CC(=O)c2sc(Nc3ccc(F)c(F)c3)nc2N)C[C@H](C)O1. The highest BCUT2D eigenvalue weighted by Gasteiger charge is 2.26. The largest absolute Gasteiger partial charge is 0.382 e. The van der Waals surface area contributed by atoms with Crippen LogP contribution in [-0.2, 0) is 4.74 Å². The zero-order valence-electron chi connectivity index (χ0n) is 14.5. The number of Topliss-reactive ketones (excluding diaryl/α,β-unsaturated/α-hetero) is 1. The van der Waals surface area contributed by atoms with Crippen molar-refractivity contribution in [3.05, 3.63) is 34.7 Å². The molecule has 140 valence electrons. The lowest BCUT2D eigenvalue weighted by atomic mass is 10.2. The zero-order valence-corrected chi connectivity index (χ0v) is 15.3. The number of rotatable bonds is 5. The second-order valence-electron chi connectivity index (χ2n) is 6.36. The normalized spacial score (nSPS) is 20.9. The van der Waals surface area contributed by atoms with Gasteiger partial charge >= 0.3 is 0 Å². The fraction of sp³-hybridized carbons (Fsp3) is 0.412. The molecule has 2 atom stereocenters. The Morgan fingerprint density at radius 1 is 1.35 bits per heavy atom. The third-order valence-electron chi connectivity index (χ3n) is 3.94. The first-order chi connectivity index (χ1) is 12.3. The Bertz CT molecular complexity index is 804. The third-order valence-corrected chi connectivity index (χ3v) is 4.97. The number of nitrogens with zero attached hydrogens (tertiary/aromatic N) is 2. The number of nitrogen functional groups attached to an aromatic ring is 1. The highest BCUT2D eigenvalue weighted by atomic mass is 32.1. The molecule has 0 radical (unpaired) electrons. The summed E-state index contributed by atoms with van der Waals surface area (Å²) >= 11 is 1.09. The molecule has 0 saturated carbocycles. The Labute approximate surface area is 154 Å². The van der Waals surface area contributed by atoms with Crippen LogP contribution < -0.4 is 11.1 Å². The van der Waals surface area contributed by atoms with Crippen LogP contribution in [0.1, 0.15) is 23.5 Å². The number of anilines is 3. The van der Waals surface area contributed by atoms with E-state index in [1.165, 1.54) is 6.07 Å². The number of carbonyl (C=O) groups excluding carboxylic acids is 1. The summed E-state index contributed by atoms with van der Waals surface area (Å²) < 4.78 is 31.9. The van der Waals surface area contributed by atoms with Gasteiger partial charge in [-0.05, 0) is 26.0 Å². The molecule has 0 bridgehead atoms. The molecule has 0 aliphatic carbocycles. The predicted molar refractivity (Wildman–Crippen MR) is 96.9 cm³/mol. The van der Waals surface area contributed by atoms with Crippen LogP contribution in [0, 0.1) is 11.6 Å². The number of halogens is 2. The van der Waals surface area contributed by atoms with Gasteiger partial charge in [-0.3, -0.25) is 9.69 Å². The second-order valence-corrected chi connectivity index (χ2v) is 7.36. The summed E-state index contributed by atoms with van der Waals surface area (Å²) in [6.45, 7) is 5.52. The molecule has 1 aliphatic rings. The van der Waals surface area contributed by atoms with Crippen molar-refractivity contribution in [1.82, 2.24) is 9.88 Å². The molecule has 0 unspecified atom stereocenters. The van der Waals surface area contributed by atoms with Crippen LogP contribution >= 0.6 is 11.3 Å². The maximum Gasteiger partial charge on any atom is 0.190 e. The van der Waals surface area contributed by atoms with E-state index >= 15 is 0 Å². The molecule has 0 amide bonds. The Hall–Kier alpha value is -2.10. The van der Waals surface area contributed by atoms with E-state index in [1.807, 2.05) is 18.7 Å². The summed E-state index contributed by atoms with van der Waals surface area (Å²) in [5.74, 6) is -1.90. The van der Waals surface area contributed by atoms with Crippen molar-refractivity contribution in [2.45, 2.75) is 26.1 Å². The molecule has 2 heterocycles. The number of nitrogens with two attached hydrogens (primary N) is 1. The smallest absolute Gasteiger partial charge is 0.190 e. The summed E-state index contributed by atoms with van der Waals surface area (Å²) in [6.07, 6.45) is 0.131. The number of ketones is 1. The van der Waals surface area contributed by atoms with Gasteiger partial charge in [0.25, 0.3) is 0 Å². The van der Waals surface area contributed by atoms with Crippen molar-refractivity contribution >= 4 is 33.8 Å². The Kier molecular flexibility index (Phi) is 5.49. The van der Waals surface area contributed by atoms with E-state index in [0.717, 1.165) is 23.5 Å². The molecule has 9 heteroatoms. The number of carbonyl (C=O) groups is 1. The van der Waals surface area contributed by atoms with Gasteiger partial charge in [-0.15, -0.1) is 0 Å². The molecule has 2 aromatic rings. The minimum atomic E-state index is -0.966. The summed E-state index contributed by atoms with van der Waals surface area (Å²) in [7, 11) is 0. The van der Waals surface area contributed by atoms with Gasteiger partial charge in [0.1, 0.15) is 10.7 Å². The van der Waals surface area contributed by atoms with Crippen LogP contribution in [0.5, 0.6) is 0 Å². The van der Waals surface area contributed by atoms with Crippen LogP contribution in [0.4, 0.5) is 25.4 Å². The van der Waals surface area contributed by atoms with Gasteiger partial charge in [0.15, 0.2) is 22.5 Å². The molecule has 6 nitrogen and oxygen atoms in total. The highest BCUT2D eigenvalue weighted by molar-refractivity contribution is 7.18. The van der Waals surface area contributed by atoms with Crippen LogP contribution in [-0.4, -0.2) is 47.5 Å². The van der Waals surface area contributed by atoms with E-state index < -0.39 is 11.6 Å². The lowest BCUT2D eigenvalue weighted by molar-refractivity contribution is -0.0652. The van der Waals surface area contributed by atoms with Gasteiger partial charge < -0.3 is 15.8 Å². The van der Waals surface area contributed by atoms with Crippen molar-refractivity contribution in [3.63, 3.8) is 0 Å². The average molecular weight is 382 g/mol. The first-order valence-electron chi connectivity index (χ1n) is 8.21. The van der Waals surface area contributed by atoms with Crippen LogP contribution in [0.2, 0.25) is 0 Å². The first kappa shape index (κ1) is 18.7. The van der Waals surface area contributed by atoms with Crippen molar-refractivity contribution in [1.29, 1.82) is 0 Å². The topological polar surface area (TPSA) is 80.5 Å². The molecule has 1 aromatic carbocycles. The maximum atomic E-state index is 13.3. The number of morpholine rings is 1. The van der Waals surface area contributed by atoms with E-state index in [0.29, 0.717) is 28.8 Å². The Balaban J connectivity index is 1.69. The number of aromatic nitrogens is 1. The van der Waals surface area contributed by atoms with Crippen molar-refractivity contribution in [2.24, 2.45) is 0 Å². The Morgan fingerprint density at radius 2 is 2.04 bits per heavy atom. The Morgan fingerprint density at radius 3 is 2.69 bits per heavy atom. The quantitative estimate of drug-likeness (QED) is 0.774. The summed E-state index contributed by atoms with van der Waals surface area (Å²) in [4.78, 5) is 19.1. The predicted octanol–water partition coefficient (Wildman–Crippen LogP) is 3.04. The first-order valence-corrected chi connectivity index (χ1v) is 9.03. The number of hydrogen-bond donors (Lipinski definition) is 2. The van der Waals surface area contributed by atoms with E-state index in [1.54, 1.807) is 0 Å². The third kappa shape index (κ3) is 4.35. The minimum Gasteiger partial charge on any atom is -0.382 e. The van der Waals surface area contributed by atoms with Crippen molar-refractivity contribution in [3.8, 4) is 0 Å². The van der Waals surface area contributed by atoms with Gasteiger partial charge in [0, 0.05) is 24.8 Å². The van der Waals surface area contributed by atoms with E-state index in [9.17, 15) is 13.6 Å². The van der Waals surface area contributed by atoms with Gasteiger partial charge in [0.05, 0.1) is 18.8 Å². The molecule has 3 rings (SSSR count). The number of benzene rings is 1. The van der Waals surface area contributed by atoms with Crippen molar-refractivity contribution < 1.29 is 18.3 Å². The molecule has 1 aromatic heterocycles. The molecular formula is C17H20F2N4O2S.